The van der Waals surface area contributed by atoms with Crippen LogP contribution in [-0.4, -0.2) is 15.2 Å². The minimum Gasteiger partial charge on any atom is -0.508 e. The predicted molar refractivity (Wildman–Crippen MR) is 74.5 cm³/mol. The molecule has 1 heterocycles. The molecule has 0 aliphatic heterocycles. The first-order valence-electron chi connectivity index (χ1n) is 5.82. The molecule has 0 unspecified atom stereocenters. The zero-order valence-corrected chi connectivity index (χ0v) is 11.9. The molecule has 0 fully saturated rings. The van der Waals surface area contributed by atoms with E-state index in [1.807, 2.05) is 0 Å². The highest BCUT2D eigenvalue weighted by Gasteiger charge is 2.19. The van der Waals surface area contributed by atoms with Gasteiger partial charge in [0.2, 0.25) is 5.82 Å². The Hall–Kier alpha value is -2.28. The van der Waals surface area contributed by atoms with Crippen LogP contribution in [0.25, 0.3) is 22.8 Å². The Morgan fingerprint density at radius 1 is 1.05 bits per heavy atom. The third-order valence-corrected chi connectivity index (χ3v) is 3.23. The van der Waals surface area contributed by atoms with Crippen LogP contribution in [0.1, 0.15) is 0 Å². The maximum Gasteiger partial charge on any atom is 0.264 e. The van der Waals surface area contributed by atoms with E-state index in [4.69, 9.17) is 4.52 Å². The third kappa shape index (κ3) is 2.64. The van der Waals surface area contributed by atoms with Crippen LogP contribution in [0.3, 0.4) is 0 Å². The Kier molecular flexibility index (Phi) is 3.42. The molecular formula is C14H7BrF2N2O2. The van der Waals surface area contributed by atoms with Gasteiger partial charge in [0, 0.05) is 10.0 Å². The van der Waals surface area contributed by atoms with Crippen LogP contribution in [0.2, 0.25) is 0 Å². The first kappa shape index (κ1) is 13.7. The highest BCUT2D eigenvalue weighted by atomic mass is 79.9. The average molecular weight is 353 g/mol. The van der Waals surface area contributed by atoms with E-state index in [0.717, 1.165) is 12.1 Å². The molecule has 0 spiro atoms. The van der Waals surface area contributed by atoms with Crippen molar-refractivity contribution in [1.29, 1.82) is 0 Å². The SMILES string of the molecule is Oc1ccc(-c2noc(-c3c(F)cc(Br)cc3F)n2)cc1. The standard InChI is InChI=1S/C14H7BrF2N2O2/c15-8-5-10(16)12(11(17)6-8)14-18-13(19-21-14)7-1-3-9(20)4-2-7/h1-6,20H. The molecule has 0 atom stereocenters. The summed E-state index contributed by atoms with van der Waals surface area (Å²) in [4.78, 5) is 3.98. The first-order valence-corrected chi connectivity index (χ1v) is 6.62. The Bertz CT molecular complexity index is 780. The summed E-state index contributed by atoms with van der Waals surface area (Å²) in [6.45, 7) is 0. The quantitative estimate of drug-likeness (QED) is 0.752. The molecule has 0 saturated heterocycles. The van der Waals surface area contributed by atoms with Crippen molar-refractivity contribution in [1.82, 2.24) is 10.1 Å². The van der Waals surface area contributed by atoms with Crippen molar-refractivity contribution in [2.24, 2.45) is 0 Å². The van der Waals surface area contributed by atoms with Crippen LogP contribution in [0.4, 0.5) is 8.78 Å². The molecule has 3 aromatic rings. The summed E-state index contributed by atoms with van der Waals surface area (Å²) in [5.41, 5.74) is 0.177. The largest absolute Gasteiger partial charge is 0.508 e. The van der Waals surface area contributed by atoms with Crippen LogP contribution in [0, 0.1) is 11.6 Å². The van der Waals surface area contributed by atoms with E-state index in [-0.39, 0.29) is 27.5 Å². The fourth-order valence-corrected chi connectivity index (χ4v) is 2.20. The van der Waals surface area contributed by atoms with Crippen molar-refractivity contribution in [3.8, 4) is 28.6 Å². The second kappa shape index (κ2) is 5.25. The number of rotatable bonds is 2. The normalized spacial score (nSPS) is 10.8. The highest BCUT2D eigenvalue weighted by molar-refractivity contribution is 9.10. The van der Waals surface area contributed by atoms with Gasteiger partial charge in [0.15, 0.2) is 0 Å². The van der Waals surface area contributed by atoms with E-state index < -0.39 is 11.6 Å². The average Bonchev–Trinajstić information content (AvgIpc) is 2.87. The monoisotopic (exact) mass is 352 g/mol. The molecule has 3 rings (SSSR count). The second-order valence-corrected chi connectivity index (χ2v) is 5.13. The maximum absolute atomic E-state index is 13.8. The van der Waals surface area contributed by atoms with Crippen molar-refractivity contribution < 1.29 is 18.4 Å². The molecule has 21 heavy (non-hydrogen) atoms. The zero-order chi connectivity index (χ0) is 15.0. The summed E-state index contributed by atoms with van der Waals surface area (Å²) in [6, 6.07) is 8.26. The summed E-state index contributed by atoms with van der Waals surface area (Å²) in [6.07, 6.45) is 0. The van der Waals surface area contributed by atoms with Gasteiger partial charge < -0.3 is 9.63 Å². The van der Waals surface area contributed by atoms with E-state index in [9.17, 15) is 13.9 Å². The van der Waals surface area contributed by atoms with Gasteiger partial charge in [-0.1, -0.05) is 21.1 Å². The summed E-state index contributed by atoms with van der Waals surface area (Å²) in [5, 5.41) is 12.9. The minimum absolute atomic E-state index is 0.0902. The summed E-state index contributed by atoms with van der Waals surface area (Å²) >= 11 is 3.00. The Morgan fingerprint density at radius 2 is 1.67 bits per heavy atom. The number of benzene rings is 2. The van der Waals surface area contributed by atoms with Crippen LogP contribution < -0.4 is 0 Å². The van der Waals surface area contributed by atoms with E-state index in [2.05, 4.69) is 26.1 Å². The van der Waals surface area contributed by atoms with Gasteiger partial charge in [-0.15, -0.1) is 0 Å². The molecule has 0 bridgehead atoms. The van der Waals surface area contributed by atoms with Crippen molar-refractivity contribution >= 4 is 15.9 Å². The summed E-state index contributed by atoms with van der Waals surface area (Å²) in [7, 11) is 0. The second-order valence-electron chi connectivity index (χ2n) is 4.21. The number of halogens is 3. The molecule has 0 aliphatic carbocycles. The van der Waals surface area contributed by atoms with Crippen LogP contribution >= 0.6 is 15.9 Å². The van der Waals surface area contributed by atoms with E-state index in [1.54, 1.807) is 12.1 Å². The van der Waals surface area contributed by atoms with Crippen LogP contribution in [-0.2, 0) is 0 Å². The van der Waals surface area contributed by atoms with Gasteiger partial charge in [0.25, 0.3) is 5.89 Å². The molecular weight excluding hydrogens is 346 g/mol. The number of hydrogen-bond acceptors (Lipinski definition) is 4. The zero-order valence-electron chi connectivity index (χ0n) is 10.3. The maximum atomic E-state index is 13.8. The van der Waals surface area contributed by atoms with Gasteiger partial charge in [0.05, 0.1) is 0 Å². The molecule has 4 nitrogen and oxygen atoms in total. The summed E-state index contributed by atoms with van der Waals surface area (Å²) in [5.74, 6) is -1.59. The lowest BCUT2D eigenvalue weighted by Crippen LogP contribution is -1.91. The molecule has 0 amide bonds. The Morgan fingerprint density at radius 3 is 2.29 bits per heavy atom. The number of phenols is 1. The lowest BCUT2D eigenvalue weighted by atomic mass is 10.2. The third-order valence-electron chi connectivity index (χ3n) is 2.77. The van der Waals surface area contributed by atoms with Gasteiger partial charge in [0.1, 0.15) is 22.9 Å². The minimum atomic E-state index is -0.803. The lowest BCUT2D eigenvalue weighted by molar-refractivity contribution is 0.426. The predicted octanol–water partition coefficient (Wildman–Crippen LogP) is 4.15. The van der Waals surface area contributed by atoms with Crippen molar-refractivity contribution in [3.05, 3.63) is 52.5 Å². The van der Waals surface area contributed by atoms with Crippen molar-refractivity contribution in [3.63, 3.8) is 0 Å². The van der Waals surface area contributed by atoms with Crippen molar-refractivity contribution in [2.75, 3.05) is 0 Å². The molecule has 0 aliphatic rings. The number of phenolic OH excluding ortho intramolecular Hbond substituents is 1. The molecule has 2 aromatic carbocycles. The van der Waals surface area contributed by atoms with Crippen molar-refractivity contribution in [2.45, 2.75) is 0 Å². The number of aromatic nitrogens is 2. The van der Waals surface area contributed by atoms with E-state index >= 15 is 0 Å². The molecule has 7 heteroatoms. The van der Waals surface area contributed by atoms with E-state index in [1.165, 1.54) is 12.1 Å². The first-order chi connectivity index (χ1) is 10.0. The topological polar surface area (TPSA) is 59.2 Å². The highest BCUT2D eigenvalue weighted by Crippen LogP contribution is 2.29. The number of aromatic hydroxyl groups is 1. The van der Waals surface area contributed by atoms with E-state index in [0.29, 0.717) is 5.56 Å². The lowest BCUT2D eigenvalue weighted by Gasteiger charge is -2.00. The molecule has 1 aromatic heterocycles. The Labute approximate surface area is 126 Å². The van der Waals surface area contributed by atoms with Gasteiger partial charge in [-0.3, -0.25) is 0 Å². The fraction of sp³-hybridized carbons (Fsp3) is 0. The molecule has 1 N–H and O–H groups in total. The van der Waals surface area contributed by atoms with Crippen LogP contribution in [0.15, 0.2) is 45.4 Å². The number of nitrogens with zero attached hydrogens (tertiary/aromatic N) is 2. The van der Waals surface area contributed by atoms with Gasteiger partial charge in [-0.25, -0.2) is 8.78 Å². The van der Waals surface area contributed by atoms with Gasteiger partial charge >= 0.3 is 0 Å². The van der Waals surface area contributed by atoms with Gasteiger partial charge in [-0.05, 0) is 36.4 Å². The molecule has 0 saturated carbocycles. The Balaban J connectivity index is 2.05. The van der Waals surface area contributed by atoms with Gasteiger partial charge in [-0.2, -0.15) is 4.98 Å². The summed E-state index contributed by atoms with van der Waals surface area (Å²) < 4.78 is 32.9. The molecule has 106 valence electrons. The fourth-order valence-electron chi connectivity index (χ4n) is 1.80. The number of hydrogen-bond donors (Lipinski definition) is 1. The molecule has 0 radical (unpaired) electrons. The smallest absolute Gasteiger partial charge is 0.264 e. The van der Waals surface area contributed by atoms with Crippen LogP contribution in [0.5, 0.6) is 5.75 Å².